The highest BCUT2D eigenvalue weighted by Gasteiger charge is 2.30. The Morgan fingerprint density at radius 1 is 1.00 bits per heavy atom. The molecular weight excluding hydrogens is 401 g/mol. The van der Waals surface area contributed by atoms with E-state index in [4.69, 9.17) is 0 Å². The Hall–Kier alpha value is -3.30. The molecule has 0 spiro atoms. The van der Waals surface area contributed by atoms with E-state index in [1.54, 1.807) is 28.1 Å². The second kappa shape index (κ2) is 8.60. The van der Waals surface area contributed by atoms with Gasteiger partial charge in [0, 0.05) is 45.0 Å². The van der Waals surface area contributed by atoms with Crippen molar-refractivity contribution in [2.75, 3.05) is 31.5 Å². The van der Waals surface area contributed by atoms with E-state index in [2.05, 4.69) is 5.32 Å². The Bertz CT molecular complexity index is 947. The minimum Gasteiger partial charge on any atom is -0.339 e. The number of benzene rings is 1. The number of nitrogens with zero attached hydrogens (tertiary/aromatic N) is 3. The highest BCUT2D eigenvalue weighted by molar-refractivity contribution is 5.95. The van der Waals surface area contributed by atoms with Crippen LogP contribution in [0.1, 0.15) is 23.0 Å². The van der Waals surface area contributed by atoms with Crippen molar-refractivity contribution >= 4 is 23.4 Å². The topological polar surface area (TPSA) is 74.7 Å². The molecular formula is C20H21F3N4O3. The lowest BCUT2D eigenvalue weighted by Gasteiger charge is -2.34. The van der Waals surface area contributed by atoms with Gasteiger partial charge >= 0.3 is 6.18 Å². The van der Waals surface area contributed by atoms with Gasteiger partial charge in [0.05, 0.1) is 5.56 Å². The maximum atomic E-state index is 12.8. The number of rotatable bonds is 4. The van der Waals surface area contributed by atoms with Crippen LogP contribution in [-0.4, -0.2) is 58.3 Å². The summed E-state index contributed by atoms with van der Waals surface area (Å²) in [6, 6.07) is 7.55. The first kappa shape index (κ1) is 21.4. The molecule has 1 fully saturated rings. The molecule has 0 unspecified atom stereocenters. The first-order chi connectivity index (χ1) is 14.1. The summed E-state index contributed by atoms with van der Waals surface area (Å²) >= 11 is 0. The van der Waals surface area contributed by atoms with Gasteiger partial charge in [-0.3, -0.25) is 14.4 Å². The van der Waals surface area contributed by atoms with E-state index < -0.39 is 17.6 Å². The van der Waals surface area contributed by atoms with Crippen molar-refractivity contribution in [2.45, 2.75) is 19.6 Å². The molecule has 1 saturated heterocycles. The zero-order chi connectivity index (χ0) is 21.9. The van der Waals surface area contributed by atoms with Crippen molar-refractivity contribution in [3.05, 3.63) is 53.9 Å². The summed E-state index contributed by atoms with van der Waals surface area (Å²) < 4.78 is 39.9. The molecule has 160 valence electrons. The molecule has 2 heterocycles. The highest BCUT2D eigenvalue weighted by Crippen LogP contribution is 2.30. The molecule has 30 heavy (non-hydrogen) atoms. The molecule has 0 atom stereocenters. The number of carbonyl (C=O) groups excluding carboxylic acids is 3. The van der Waals surface area contributed by atoms with Crippen LogP contribution >= 0.6 is 0 Å². The molecule has 3 rings (SSSR count). The monoisotopic (exact) mass is 422 g/mol. The zero-order valence-corrected chi connectivity index (χ0v) is 16.3. The van der Waals surface area contributed by atoms with Gasteiger partial charge in [-0.05, 0) is 30.3 Å². The molecule has 1 aliphatic rings. The highest BCUT2D eigenvalue weighted by atomic mass is 19.4. The van der Waals surface area contributed by atoms with Crippen LogP contribution in [0, 0.1) is 0 Å². The lowest BCUT2D eigenvalue weighted by atomic mass is 10.2. The van der Waals surface area contributed by atoms with Gasteiger partial charge in [-0.1, -0.05) is 6.07 Å². The first-order valence-electron chi connectivity index (χ1n) is 9.32. The number of nitrogens with one attached hydrogen (secondary N) is 1. The third kappa shape index (κ3) is 5.00. The fourth-order valence-corrected chi connectivity index (χ4v) is 3.26. The molecule has 1 aromatic carbocycles. The number of alkyl halides is 3. The molecule has 0 bridgehead atoms. The molecule has 1 aliphatic heterocycles. The molecule has 0 aliphatic carbocycles. The molecule has 1 N–H and O–H groups in total. The van der Waals surface area contributed by atoms with Gasteiger partial charge in [0.25, 0.3) is 5.91 Å². The Morgan fingerprint density at radius 3 is 2.30 bits per heavy atom. The maximum Gasteiger partial charge on any atom is 0.416 e. The minimum absolute atomic E-state index is 0.0233. The Balaban J connectivity index is 1.64. The van der Waals surface area contributed by atoms with Crippen LogP contribution in [0.3, 0.4) is 0 Å². The lowest BCUT2D eigenvalue weighted by molar-refractivity contribution is -0.137. The fraction of sp³-hybridized carbons (Fsp3) is 0.350. The summed E-state index contributed by atoms with van der Waals surface area (Å²) in [7, 11) is 0. The summed E-state index contributed by atoms with van der Waals surface area (Å²) in [5, 5.41) is 2.43. The number of hydrogen-bond acceptors (Lipinski definition) is 3. The largest absolute Gasteiger partial charge is 0.416 e. The number of halogens is 3. The zero-order valence-electron chi connectivity index (χ0n) is 16.3. The van der Waals surface area contributed by atoms with Gasteiger partial charge in [-0.25, -0.2) is 0 Å². The third-order valence-corrected chi connectivity index (χ3v) is 4.85. The Labute approximate surface area is 171 Å². The molecule has 1 aromatic heterocycles. The number of hydrogen-bond donors (Lipinski definition) is 1. The van der Waals surface area contributed by atoms with Crippen LogP contribution < -0.4 is 5.32 Å². The number of amides is 3. The van der Waals surface area contributed by atoms with Crippen molar-refractivity contribution in [3.8, 4) is 0 Å². The van der Waals surface area contributed by atoms with E-state index in [0.29, 0.717) is 31.9 Å². The van der Waals surface area contributed by atoms with Crippen molar-refractivity contribution in [1.29, 1.82) is 0 Å². The average Bonchev–Trinajstić information content (AvgIpc) is 3.15. The second-order valence-electron chi connectivity index (χ2n) is 6.95. The Kier molecular flexibility index (Phi) is 6.14. The standard InChI is InChI=1S/C20H21F3N4O3/c1-14(28)25-8-10-26(11-9-25)19(30)17-6-3-7-27(17)13-18(29)24-16-5-2-4-15(12-16)20(21,22)23/h2-7,12H,8-11,13H2,1H3,(H,24,29). The number of piperazine rings is 1. The first-order valence-corrected chi connectivity index (χ1v) is 9.32. The Morgan fingerprint density at radius 2 is 1.67 bits per heavy atom. The van der Waals surface area contributed by atoms with E-state index in [0.717, 1.165) is 12.1 Å². The summed E-state index contributed by atoms with van der Waals surface area (Å²) in [5.74, 6) is -0.868. The van der Waals surface area contributed by atoms with Gasteiger partial charge in [0.15, 0.2) is 0 Å². The SMILES string of the molecule is CC(=O)N1CCN(C(=O)c2cccn2CC(=O)Nc2cccc(C(F)(F)F)c2)CC1. The van der Waals surface area contributed by atoms with E-state index in [1.165, 1.54) is 23.6 Å². The lowest BCUT2D eigenvalue weighted by Crippen LogP contribution is -2.50. The molecule has 7 nitrogen and oxygen atoms in total. The maximum absolute atomic E-state index is 12.8. The summed E-state index contributed by atoms with van der Waals surface area (Å²) in [6.07, 6.45) is -2.95. The minimum atomic E-state index is -4.51. The normalized spacial score (nSPS) is 14.5. The van der Waals surface area contributed by atoms with Crippen LogP contribution in [0.2, 0.25) is 0 Å². The summed E-state index contributed by atoms with van der Waals surface area (Å²) in [6.45, 7) is 2.92. The van der Waals surface area contributed by atoms with Gasteiger partial charge in [-0.2, -0.15) is 13.2 Å². The van der Waals surface area contributed by atoms with Crippen molar-refractivity contribution in [2.24, 2.45) is 0 Å². The van der Waals surface area contributed by atoms with Gasteiger partial charge in [-0.15, -0.1) is 0 Å². The van der Waals surface area contributed by atoms with Crippen molar-refractivity contribution in [3.63, 3.8) is 0 Å². The van der Waals surface area contributed by atoms with Crippen LogP contribution in [0.5, 0.6) is 0 Å². The van der Waals surface area contributed by atoms with Crippen LogP contribution in [0.25, 0.3) is 0 Å². The van der Waals surface area contributed by atoms with Gasteiger partial charge in [0.1, 0.15) is 12.2 Å². The third-order valence-electron chi connectivity index (χ3n) is 4.85. The predicted molar refractivity (Wildman–Crippen MR) is 103 cm³/mol. The van der Waals surface area contributed by atoms with Crippen LogP contribution in [0.15, 0.2) is 42.6 Å². The predicted octanol–water partition coefficient (Wildman–Crippen LogP) is 2.45. The van der Waals surface area contributed by atoms with Crippen molar-refractivity contribution < 1.29 is 27.6 Å². The fourth-order valence-electron chi connectivity index (χ4n) is 3.26. The van der Waals surface area contributed by atoms with E-state index in [-0.39, 0.29) is 24.0 Å². The van der Waals surface area contributed by atoms with E-state index in [1.807, 2.05) is 0 Å². The quantitative estimate of drug-likeness (QED) is 0.823. The van der Waals surface area contributed by atoms with Gasteiger partial charge < -0.3 is 19.7 Å². The molecule has 0 radical (unpaired) electrons. The van der Waals surface area contributed by atoms with Crippen molar-refractivity contribution in [1.82, 2.24) is 14.4 Å². The van der Waals surface area contributed by atoms with Crippen LogP contribution in [-0.2, 0) is 22.3 Å². The smallest absolute Gasteiger partial charge is 0.339 e. The van der Waals surface area contributed by atoms with Crippen LogP contribution in [0.4, 0.5) is 18.9 Å². The molecule has 10 heteroatoms. The number of anilines is 1. The molecule has 3 amide bonds. The summed E-state index contributed by atoms with van der Waals surface area (Å²) in [4.78, 5) is 39.8. The molecule has 0 saturated carbocycles. The number of aromatic nitrogens is 1. The molecule has 2 aromatic rings. The average molecular weight is 422 g/mol. The second-order valence-corrected chi connectivity index (χ2v) is 6.95. The van der Waals surface area contributed by atoms with E-state index >= 15 is 0 Å². The number of carbonyl (C=O) groups is 3. The summed E-state index contributed by atoms with van der Waals surface area (Å²) in [5.41, 5.74) is -0.539. The van der Waals surface area contributed by atoms with Gasteiger partial charge in [0.2, 0.25) is 11.8 Å². The van der Waals surface area contributed by atoms with E-state index in [9.17, 15) is 27.6 Å².